The molecule has 136 valence electrons. The zero-order chi connectivity index (χ0) is 18.8. The van der Waals surface area contributed by atoms with Crippen LogP contribution >= 0.6 is 34.3 Å². The number of hydrogen-bond donors (Lipinski definition) is 1. The highest BCUT2D eigenvalue weighted by Crippen LogP contribution is 2.32. The van der Waals surface area contributed by atoms with Gasteiger partial charge in [0.15, 0.2) is 10.9 Å². The Bertz CT molecular complexity index is 1160. The highest BCUT2D eigenvalue weighted by molar-refractivity contribution is 7.20. The van der Waals surface area contributed by atoms with Gasteiger partial charge in [0, 0.05) is 17.6 Å². The summed E-state index contributed by atoms with van der Waals surface area (Å²) in [5, 5.41) is 5.05. The number of rotatable bonds is 5. The Labute approximate surface area is 166 Å². The lowest BCUT2D eigenvalue weighted by atomic mass is 10.4. The first kappa shape index (κ1) is 17.7. The molecule has 0 aliphatic heterocycles. The Morgan fingerprint density at radius 2 is 2.11 bits per heavy atom. The van der Waals surface area contributed by atoms with Crippen LogP contribution in [0.15, 0.2) is 63.3 Å². The van der Waals surface area contributed by atoms with Gasteiger partial charge in [-0.25, -0.2) is 4.98 Å². The number of nitrogens with zero attached hydrogens (tertiary/aromatic N) is 2. The number of aromatic nitrogens is 2. The van der Waals surface area contributed by atoms with Gasteiger partial charge in [0.2, 0.25) is 0 Å². The van der Waals surface area contributed by atoms with Gasteiger partial charge in [0.05, 0.1) is 21.5 Å². The monoisotopic (exact) mass is 417 g/mol. The van der Waals surface area contributed by atoms with Crippen molar-refractivity contribution < 1.29 is 9.21 Å². The fourth-order valence-corrected chi connectivity index (χ4v) is 4.18. The standard InChI is InChI=1S/C18H12ClN3O3S2/c19-15-7-6-14(27-15)12-10-26-18(20-12)21-17(24)13-5-4-11(25-13)9-22-8-2-1-3-16(22)23/h1-8,10H,9H2,(H,20,21,24). The number of thiazole rings is 1. The molecule has 4 heterocycles. The molecule has 0 radical (unpaired) electrons. The first-order valence-electron chi connectivity index (χ1n) is 7.85. The largest absolute Gasteiger partial charge is 0.454 e. The van der Waals surface area contributed by atoms with Gasteiger partial charge in [-0.15, -0.1) is 22.7 Å². The van der Waals surface area contributed by atoms with Crippen molar-refractivity contribution in [2.24, 2.45) is 0 Å². The van der Waals surface area contributed by atoms with Crippen LogP contribution in [0.4, 0.5) is 5.13 Å². The predicted molar refractivity (Wildman–Crippen MR) is 107 cm³/mol. The van der Waals surface area contributed by atoms with Crippen molar-refractivity contribution in [3.63, 3.8) is 0 Å². The van der Waals surface area contributed by atoms with E-state index in [1.807, 2.05) is 17.5 Å². The number of carbonyl (C=O) groups excluding carboxylic acids is 1. The Morgan fingerprint density at radius 1 is 1.22 bits per heavy atom. The van der Waals surface area contributed by atoms with E-state index in [-0.39, 0.29) is 17.9 Å². The van der Waals surface area contributed by atoms with Crippen LogP contribution in [-0.2, 0) is 6.54 Å². The third-order valence-electron chi connectivity index (χ3n) is 3.66. The van der Waals surface area contributed by atoms with Crippen LogP contribution in [0.2, 0.25) is 4.34 Å². The molecule has 0 fully saturated rings. The van der Waals surface area contributed by atoms with Gasteiger partial charge < -0.3 is 8.98 Å². The van der Waals surface area contributed by atoms with Gasteiger partial charge in [-0.3, -0.25) is 14.9 Å². The van der Waals surface area contributed by atoms with Crippen molar-refractivity contribution in [3.8, 4) is 10.6 Å². The van der Waals surface area contributed by atoms with Crippen LogP contribution in [0.25, 0.3) is 10.6 Å². The number of furan rings is 1. The molecule has 0 aliphatic carbocycles. The zero-order valence-electron chi connectivity index (χ0n) is 13.7. The van der Waals surface area contributed by atoms with Gasteiger partial charge >= 0.3 is 0 Å². The summed E-state index contributed by atoms with van der Waals surface area (Å²) in [5.74, 6) is 0.276. The average molecular weight is 418 g/mol. The molecule has 6 nitrogen and oxygen atoms in total. The molecule has 0 unspecified atom stereocenters. The summed E-state index contributed by atoms with van der Waals surface area (Å²) in [4.78, 5) is 29.5. The Morgan fingerprint density at radius 3 is 2.89 bits per heavy atom. The van der Waals surface area contributed by atoms with Gasteiger partial charge in [0.25, 0.3) is 11.5 Å². The summed E-state index contributed by atoms with van der Waals surface area (Å²) in [7, 11) is 0. The minimum Gasteiger partial charge on any atom is -0.454 e. The lowest BCUT2D eigenvalue weighted by molar-refractivity contribution is 0.0994. The second-order valence-electron chi connectivity index (χ2n) is 5.53. The normalized spacial score (nSPS) is 10.9. The number of nitrogens with one attached hydrogen (secondary N) is 1. The molecule has 4 rings (SSSR count). The van der Waals surface area contributed by atoms with E-state index in [1.165, 1.54) is 33.3 Å². The highest BCUT2D eigenvalue weighted by Gasteiger charge is 2.15. The van der Waals surface area contributed by atoms with E-state index in [4.69, 9.17) is 16.0 Å². The van der Waals surface area contributed by atoms with E-state index in [0.29, 0.717) is 15.2 Å². The number of amides is 1. The predicted octanol–water partition coefficient (Wildman–Crippen LogP) is 4.58. The Kier molecular flexibility index (Phi) is 4.93. The molecule has 1 amide bonds. The van der Waals surface area contributed by atoms with Crippen molar-refractivity contribution in [2.75, 3.05) is 5.32 Å². The number of halogens is 1. The van der Waals surface area contributed by atoms with Crippen LogP contribution in [0.1, 0.15) is 16.3 Å². The zero-order valence-corrected chi connectivity index (χ0v) is 16.1. The summed E-state index contributed by atoms with van der Waals surface area (Å²) in [6.45, 7) is 0.257. The first-order chi connectivity index (χ1) is 13.1. The summed E-state index contributed by atoms with van der Waals surface area (Å²) in [5.41, 5.74) is 0.625. The second-order valence-corrected chi connectivity index (χ2v) is 8.10. The van der Waals surface area contributed by atoms with Gasteiger partial charge in [-0.1, -0.05) is 17.7 Å². The van der Waals surface area contributed by atoms with Crippen molar-refractivity contribution in [2.45, 2.75) is 6.54 Å². The lowest BCUT2D eigenvalue weighted by Crippen LogP contribution is -2.18. The van der Waals surface area contributed by atoms with Gasteiger partial charge in [0.1, 0.15) is 5.76 Å². The lowest BCUT2D eigenvalue weighted by Gasteiger charge is -2.02. The van der Waals surface area contributed by atoms with E-state index in [9.17, 15) is 9.59 Å². The molecule has 0 atom stereocenters. The smallest absolute Gasteiger partial charge is 0.293 e. The third kappa shape index (κ3) is 4.02. The molecule has 0 spiro atoms. The molecule has 9 heteroatoms. The van der Waals surface area contributed by atoms with Gasteiger partial charge in [-0.05, 0) is 30.3 Å². The van der Waals surface area contributed by atoms with Crippen LogP contribution < -0.4 is 10.9 Å². The summed E-state index contributed by atoms with van der Waals surface area (Å²) < 4.78 is 7.75. The van der Waals surface area contributed by atoms with Crippen LogP contribution in [0.5, 0.6) is 0 Å². The number of hydrogen-bond acceptors (Lipinski definition) is 6. The minimum atomic E-state index is -0.397. The topological polar surface area (TPSA) is 77.1 Å². The maximum atomic E-state index is 12.4. The Hall–Kier alpha value is -2.68. The molecular weight excluding hydrogens is 406 g/mol. The summed E-state index contributed by atoms with van der Waals surface area (Å²) in [6.07, 6.45) is 1.67. The minimum absolute atomic E-state index is 0.135. The molecule has 0 saturated heterocycles. The molecule has 27 heavy (non-hydrogen) atoms. The maximum absolute atomic E-state index is 12.4. The molecule has 0 bridgehead atoms. The van der Waals surface area contributed by atoms with Crippen molar-refractivity contribution in [3.05, 3.63) is 80.3 Å². The average Bonchev–Trinajstić information content (AvgIpc) is 3.38. The fraction of sp³-hybridized carbons (Fsp3) is 0.0556. The molecule has 1 N–H and O–H groups in total. The molecule has 0 aromatic carbocycles. The van der Waals surface area contributed by atoms with E-state index in [0.717, 1.165) is 10.6 Å². The third-order valence-corrected chi connectivity index (χ3v) is 5.67. The van der Waals surface area contributed by atoms with Crippen LogP contribution in [0, 0.1) is 0 Å². The molecule has 4 aromatic heterocycles. The van der Waals surface area contributed by atoms with Crippen molar-refractivity contribution >= 4 is 45.3 Å². The highest BCUT2D eigenvalue weighted by atomic mass is 35.5. The van der Waals surface area contributed by atoms with Crippen LogP contribution in [0.3, 0.4) is 0 Å². The van der Waals surface area contributed by atoms with E-state index < -0.39 is 5.91 Å². The quantitative estimate of drug-likeness (QED) is 0.515. The number of anilines is 1. The van der Waals surface area contributed by atoms with Gasteiger partial charge in [-0.2, -0.15) is 0 Å². The maximum Gasteiger partial charge on any atom is 0.293 e. The van der Waals surface area contributed by atoms with Crippen molar-refractivity contribution in [1.29, 1.82) is 0 Å². The molecular formula is C18H12ClN3O3S2. The second kappa shape index (κ2) is 7.51. The summed E-state index contributed by atoms with van der Waals surface area (Å²) >= 11 is 8.69. The SMILES string of the molecule is O=C(Nc1nc(-c2ccc(Cl)s2)cs1)c1ccc(Cn2ccccc2=O)o1. The van der Waals surface area contributed by atoms with Crippen LogP contribution in [-0.4, -0.2) is 15.5 Å². The fourth-order valence-electron chi connectivity index (χ4n) is 2.40. The van der Waals surface area contributed by atoms with E-state index >= 15 is 0 Å². The van der Waals surface area contributed by atoms with E-state index in [1.54, 1.807) is 30.5 Å². The van der Waals surface area contributed by atoms with Crippen molar-refractivity contribution in [1.82, 2.24) is 9.55 Å². The number of thiophene rings is 1. The first-order valence-corrected chi connectivity index (χ1v) is 9.93. The number of carbonyl (C=O) groups is 1. The number of pyridine rings is 1. The van der Waals surface area contributed by atoms with E-state index in [2.05, 4.69) is 10.3 Å². The molecule has 4 aromatic rings. The summed E-state index contributed by atoms with van der Waals surface area (Å²) in [6, 6.07) is 11.9. The molecule has 0 saturated carbocycles. The molecule has 0 aliphatic rings. The Balaban J connectivity index is 1.45.